The van der Waals surface area contributed by atoms with Gasteiger partial charge in [0.15, 0.2) is 0 Å². The second-order valence-electron chi connectivity index (χ2n) is 4.12. The van der Waals surface area contributed by atoms with Gasteiger partial charge >= 0.3 is 0 Å². The van der Waals surface area contributed by atoms with E-state index in [0.29, 0.717) is 18.9 Å². The first kappa shape index (κ1) is 18.8. The lowest BCUT2D eigenvalue weighted by Crippen LogP contribution is -2.43. The number of carbonyl (C=O) groups is 1. The predicted octanol–water partition coefficient (Wildman–Crippen LogP) is -0.305. The number of rotatable bonds is 5. The minimum atomic E-state index is -0.438. The topological polar surface area (TPSA) is 107 Å². The van der Waals surface area contributed by atoms with Gasteiger partial charge in [-0.05, 0) is 12.8 Å². The average molecular weight is 321 g/mol. The van der Waals surface area contributed by atoms with Crippen molar-refractivity contribution >= 4 is 36.0 Å². The van der Waals surface area contributed by atoms with Gasteiger partial charge in [0.25, 0.3) is 0 Å². The van der Waals surface area contributed by atoms with Crippen molar-refractivity contribution in [2.75, 3.05) is 31.8 Å². The molecule has 1 aliphatic heterocycles. The van der Waals surface area contributed by atoms with Crippen LogP contribution < -0.4 is 16.4 Å². The van der Waals surface area contributed by atoms with Crippen molar-refractivity contribution in [3.8, 4) is 6.19 Å². The summed E-state index contributed by atoms with van der Waals surface area (Å²) in [6, 6.07) is -0.438. The lowest BCUT2D eigenvalue weighted by molar-refractivity contribution is -0.131. The Kier molecular flexibility index (Phi) is 9.98. The minimum absolute atomic E-state index is 0. The van der Waals surface area contributed by atoms with E-state index in [1.807, 2.05) is 0 Å². The summed E-state index contributed by atoms with van der Waals surface area (Å²) in [6.07, 6.45) is 3.07. The molecule has 0 radical (unpaired) electrons. The molecule has 1 saturated heterocycles. The van der Waals surface area contributed by atoms with Crippen LogP contribution in [-0.4, -0.2) is 54.6 Å². The van der Waals surface area contributed by atoms with Gasteiger partial charge in [0.1, 0.15) is 0 Å². The minimum Gasteiger partial charge on any atom is -0.359 e. The fraction of sp³-hybridized carbons (Fsp3) is 0.727. The maximum absolute atomic E-state index is 11.9. The summed E-state index contributed by atoms with van der Waals surface area (Å²) in [7, 11) is 1.68. The molecule has 1 atom stereocenters. The SMILES string of the molecule is CN/C(=N/C#N)NCCC[C@H](N)C(=O)N1CCSC1.Cl. The van der Waals surface area contributed by atoms with Crippen molar-refractivity contribution in [3.05, 3.63) is 0 Å². The molecule has 0 unspecified atom stereocenters. The standard InChI is InChI=1S/C11H20N6OS.ClH/c1-14-11(16-7-12)15-4-2-3-9(13)10(18)17-5-6-19-8-17;/h9H,2-6,8,13H2,1H3,(H2,14,15,16);1H/t9-;/m0./s1. The summed E-state index contributed by atoms with van der Waals surface area (Å²) < 4.78 is 0. The molecule has 0 aromatic carbocycles. The van der Waals surface area contributed by atoms with Crippen LogP contribution in [0.15, 0.2) is 4.99 Å². The zero-order chi connectivity index (χ0) is 14.1. The number of carbonyl (C=O) groups excluding carboxylic acids is 1. The van der Waals surface area contributed by atoms with Crippen molar-refractivity contribution in [2.45, 2.75) is 18.9 Å². The van der Waals surface area contributed by atoms with Crippen molar-refractivity contribution < 1.29 is 4.79 Å². The lowest BCUT2D eigenvalue weighted by atomic mass is 10.1. The van der Waals surface area contributed by atoms with Gasteiger partial charge in [-0.15, -0.1) is 29.2 Å². The Balaban J connectivity index is 0.00000361. The molecule has 0 saturated carbocycles. The zero-order valence-electron chi connectivity index (χ0n) is 11.5. The highest BCUT2D eigenvalue weighted by molar-refractivity contribution is 7.99. The van der Waals surface area contributed by atoms with Crippen molar-refractivity contribution in [1.82, 2.24) is 15.5 Å². The number of nitrogens with two attached hydrogens (primary N) is 1. The normalized spacial score (nSPS) is 16.1. The van der Waals surface area contributed by atoms with Gasteiger partial charge in [-0.1, -0.05) is 0 Å². The van der Waals surface area contributed by atoms with E-state index in [0.717, 1.165) is 24.6 Å². The average Bonchev–Trinajstić information content (AvgIpc) is 2.95. The molecule has 0 aromatic rings. The van der Waals surface area contributed by atoms with Crippen LogP contribution in [0.4, 0.5) is 0 Å². The Morgan fingerprint density at radius 3 is 2.95 bits per heavy atom. The summed E-state index contributed by atoms with van der Waals surface area (Å²) in [6.45, 7) is 1.42. The Bertz CT molecular complexity index is 366. The van der Waals surface area contributed by atoms with Crippen LogP contribution >= 0.6 is 24.2 Å². The predicted molar refractivity (Wildman–Crippen MR) is 83.6 cm³/mol. The van der Waals surface area contributed by atoms with Gasteiger partial charge in [-0.2, -0.15) is 5.26 Å². The molecule has 114 valence electrons. The third-order valence-electron chi connectivity index (χ3n) is 2.76. The van der Waals surface area contributed by atoms with Crippen LogP contribution in [0.5, 0.6) is 0 Å². The number of hydrogen-bond donors (Lipinski definition) is 3. The van der Waals surface area contributed by atoms with Gasteiger partial charge in [-0.3, -0.25) is 4.79 Å². The highest BCUT2D eigenvalue weighted by Gasteiger charge is 2.23. The molecule has 20 heavy (non-hydrogen) atoms. The number of halogens is 1. The zero-order valence-corrected chi connectivity index (χ0v) is 13.1. The maximum Gasteiger partial charge on any atom is 0.240 e. The molecule has 0 spiro atoms. The summed E-state index contributed by atoms with van der Waals surface area (Å²) in [5.74, 6) is 2.21. The second-order valence-corrected chi connectivity index (χ2v) is 5.20. The Hall–Kier alpha value is -1.17. The number of amides is 1. The third-order valence-corrected chi connectivity index (χ3v) is 3.73. The third kappa shape index (κ3) is 6.32. The molecule has 1 amide bonds. The molecule has 1 fully saturated rings. The molecule has 1 rings (SSSR count). The fourth-order valence-corrected chi connectivity index (χ4v) is 2.66. The van der Waals surface area contributed by atoms with E-state index < -0.39 is 6.04 Å². The van der Waals surface area contributed by atoms with Gasteiger partial charge in [-0.25, -0.2) is 0 Å². The van der Waals surface area contributed by atoms with Crippen LogP contribution in [0.2, 0.25) is 0 Å². The maximum atomic E-state index is 11.9. The van der Waals surface area contributed by atoms with Gasteiger partial charge in [0, 0.05) is 25.9 Å². The van der Waals surface area contributed by atoms with Crippen LogP contribution in [0.25, 0.3) is 0 Å². The number of nitriles is 1. The Labute approximate surface area is 129 Å². The Morgan fingerprint density at radius 1 is 1.65 bits per heavy atom. The van der Waals surface area contributed by atoms with E-state index in [1.54, 1.807) is 29.9 Å². The number of guanidine groups is 1. The first-order chi connectivity index (χ1) is 9.19. The van der Waals surface area contributed by atoms with Gasteiger partial charge < -0.3 is 21.3 Å². The monoisotopic (exact) mass is 320 g/mol. The molecule has 4 N–H and O–H groups in total. The number of aliphatic imine (C=N–C) groups is 1. The van der Waals surface area contributed by atoms with E-state index in [-0.39, 0.29) is 18.3 Å². The molecular weight excluding hydrogens is 300 g/mol. The molecule has 1 aliphatic rings. The van der Waals surface area contributed by atoms with E-state index in [2.05, 4.69) is 15.6 Å². The Morgan fingerprint density at radius 2 is 2.40 bits per heavy atom. The van der Waals surface area contributed by atoms with Crippen molar-refractivity contribution in [1.29, 1.82) is 5.26 Å². The molecule has 1 heterocycles. The largest absolute Gasteiger partial charge is 0.359 e. The first-order valence-electron chi connectivity index (χ1n) is 6.19. The molecule has 0 aliphatic carbocycles. The summed E-state index contributed by atoms with van der Waals surface area (Å²) in [4.78, 5) is 17.3. The number of hydrogen-bond acceptors (Lipinski definition) is 5. The number of nitrogens with one attached hydrogen (secondary N) is 2. The van der Waals surface area contributed by atoms with Gasteiger partial charge in [0.2, 0.25) is 18.1 Å². The van der Waals surface area contributed by atoms with E-state index >= 15 is 0 Å². The van der Waals surface area contributed by atoms with Crippen molar-refractivity contribution in [2.24, 2.45) is 10.7 Å². The molecular formula is C11H21ClN6OS. The molecule has 0 bridgehead atoms. The first-order valence-corrected chi connectivity index (χ1v) is 7.35. The van der Waals surface area contributed by atoms with E-state index in [4.69, 9.17) is 11.0 Å². The number of thioether (sulfide) groups is 1. The summed E-state index contributed by atoms with van der Waals surface area (Å²) >= 11 is 1.75. The van der Waals surface area contributed by atoms with Gasteiger partial charge in [0.05, 0.1) is 11.9 Å². The second kappa shape index (κ2) is 10.6. The van der Waals surface area contributed by atoms with Crippen LogP contribution in [0.1, 0.15) is 12.8 Å². The van der Waals surface area contributed by atoms with Crippen LogP contribution in [0.3, 0.4) is 0 Å². The highest BCUT2D eigenvalue weighted by atomic mass is 35.5. The van der Waals surface area contributed by atoms with E-state index in [1.165, 1.54) is 0 Å². The number of nitrogens with zero attached hydrogens (tertiary/aromatic N) is 3. The summed E-state index contributed by atoms with van der Waals surface area (Å²) in [5.41, 5.74) is 5.88. The lowest BCUT2D eigenvalue weighted by Gasteiger charge is -2.19. The van der Waals surface area contributed by atoms with E-state index in [9.17, 15) is 4.79 Å². The molecule has 7 nitrogen and oxygen atoms in total. The molecule has 9 heteroatoms. The van der Waals surface area contributed by atoms with Crippen molar-refractivity contribution in [3.63, 3.8) is 0 Å². The molecule has 0 aromatic heterocycles. The quantitative estimate of drug-likeness (QED) is 0.278. The van der Waals surface area contributed by atoms with Crippen LogP contribution in [0, 0.1) is 11.5 Å². The smallest absolute Gasteiger partial charge is 0.240 e. The highest BCUT2D eigenvalue weighted by Crippen LogP contribution is 2.14. The fourth-order valence-electron chi connectivity index (χ4n) is 1.71. The summed E-state index contributed by atoms with van der Waals surface area (Å²) in [5, 5.41) is 14.1. The van der Waals surface area contributed by atoms with Crippen LogP contribution in [-0.2, 0) is 4.79 Å².